The third-order valence-corrected chi connectivity index (χ3v) is 5.11. The van der Waals surface area contributed by atoms with Gasteiger partial charge in [-0.25, -0.2) is 8.78 Å². The zero-order chi connectivity index (χ0) is 17.5. The van der Waals surface area contributed by atoms with E-state index in [4.69, 9.17) is 0 Å². The van der Waals surface area contributed by atoms with Crippen LogP contribution in [0.2, 0.25) is 0 Å². The highest BCUT2D eigenvalue weighted by Crippen LogP contribution is 2.38. The zero-order valence-electron chi connectivity index (χ0n) is 13.4. The predicted octanol–water partition coefficient (Wildman–Crippen LogP) is 1.38. The maximum atomic E-state index is 14.2. The molecular weight excluding hydrogens is 318 g/mol. The van der Waals surface area contributed by atoms with Crippen molar-refractivity contribution in [2.24, 2.45) is 5.41 Å². The molecule has 3 rings (SSSR count). The number of aryl methyl sites for hydroxylation is 1. The van der Waals surface area contributed by atoms with E-state index in [-0.39, 0.29) is 31.0 Å². The normalized spacial score (nSPS) is 27.2. The van der Waals surface area contributed by atoms with Gasteiger partial charge in [0.2, 0.25) is 5.91 Å². The van der Waals surface area contributed by atoms with E-state index in [0.29, 0.717) is 19.4 Å². The lowest BCUT2D eigenvalue weighted by atomic mass is 9.71. The van der Waals surface area contributed by atoms with Crippen molar-refractivity contribution in [3.8, 4) is 0 Å². The first-order valence-electron chi connectivity index (χ1n) is 8.07. The third kappa shape index (κ3) is 2.56. The second-order valence-electron chi connectivity index (χ2n) is 6.60. The molecule has 2 atom stereocenters. The number of aliphatic hydroxyl groups is 1. The molecule has 2 aliphatic heterocycles. The summed E-state index contributed by atoms with van der Waals surface area (Å²) < 4.78 is 28.2. The molecule has 130 valence electrons. The van der Waals surface area contributed by atoms with Crippen LogP contribution in [-0.2, 0) is 4.79 Å². The van der Waals surface area contributed by atoms with E-state index in [1.165, 1.54) is 17.9 Å². The molecule has 2 aliphatic rings. The lowest BCUT2D eigenvalue weighted by Crippen LogP contribution is -2.62. The number of nitrogens with zero attached hydrogens (tertiary/aromatic N) is 1. The number of carbonyl (C=O) groups is 2. The van der Waals surface area contributed by atoms with Crippen molar-refractivity contribution in [1.29, 1.82) is 0 Å². The van der Waals surface area contributed by atoms with Crippen LogP contribution in [0.25, 0.3) is 0 Å². The topological polar surface area (TPSA) is 69.6 Å². The van der Waals surface area contributed by atoms with Gasteiger partial charge >= 0.3 is 0 Å². The highest BCUT2D eigenvalue weighted by molar-refractivity contribution is 5.96. The molecular formula is C17H20F2N2O3. The van der Waals surface area contributed by atoms with Gasteiger partial charge in [-0.1, -0.05) is 6.07 Å². The monoisotopic (exact) mass is 338 g/mol. The van der Waals surface area contributed by atoms with Crippen LogP contribution in [0.1, 0.15) is 35.2 Å². The molecule has 2 fully saturated rings. The van der Waals surface area contributed by atoms with E-state index in [0.717, 1.165) is 6.07 Å². The second kappa shape index (κ2) is 6.12. The first-order chi connectivity index (χ1) is 11.4. The van der Waals surface area contributed by atoms with E-state index in [1.807, 2.05) is 0 Å². The van der Waals surface area contributed by atoms with Gasteiger partial charge in [0.1, 0.15) is 17.2 Å². The largest absolute Gasteiger partial charge is 0.392 e. The average Bonchev–Trinajstić information content (AvgIpc) is 2.56. The molecule has 5 nitrogen and oxygen atoms in total. The Morgan fingerprint density at radius 3 is 2.88 bits per heavy atom. The molecule has 7 heteroatoms. The molecule has 24 heavy (non-hydrogen) atoms. The van der Waals surface area contributed by atoms with Gasteiger partial charge in [-0.15, -0.1) is 0 Å². The molecule has 0 bridgehead atoms. The molecule has 2 saturated heterocycles. The SMILES string of the molecule is Cc1ccc(F)c(C(=O)N2CC[C@@H](O)[C@@]3(CCCNC3=O)C2)c1F. The van der Waals surface area contributed by atoms with Gasteiger partial charge in [0.25, 0.3) is 5.91 Å². The number of aliphatic hydroxyl groups excluding tert-OH is 1. The van der Waals surface area contributed by atoms with E-state index >= 15 is 0 Å². The summed E-state index contributed by atoms with van der Waals surface area (Å²) in [7, 11) is 0. The predicted molar refractivity (Wildman–Crippen MR) is 82.3 cm³/mol. The quantitative estimate of drug-likeness (QED) is 0.813. The van der Waals surface area contributed by atoms with Crippen molar-refractivity contribution < 1.29 is 23.5 Å². The van der Waals surface area contributed by atoms with Gasteiger partial charge in [0, 0.05) is 19.6 Å². The van der Waals surface area contributed by atoms with Crippen LogP contribution >= 0.6 is 0 Å². The van der Waals surface area contributed by atoms with Gasteiger partial charge in [0.15, 0.2) is 0 Å². The summed E-state index contributed by atoms with van der Waals surface area (Å²) in [6, 6.07) is 2.34. The van der Waals surface area contributed by atoms with Gasteiger partial charge in [-0.05, 0) is 37.8 Å². The minimum Gasteiger partial charge on any atom is -0.392 e. The minimum absolute atomic E-state index is 0.0361. The van der Waals surface area contributed by atoms with Crippen molar-refractivity contribution in [3.05, 3.63) is 34.9 Å². The highest BCUT2D eigenvalue weighted by Gasteiger charge is 2.51. The van der Waals surface area contributed by atoms with Crippen molar-refractivity contribution in [2.45, 2.75) is 32.3 Å². The zero-order valence-corrected chi connectivity index (χ0v) is 13.4. The number of carbonyl (C=O) groups excluding carboxylic acids is 2. The molecule has 2 N–H and O–H groups in total. The lowest BCUT2D eigenvalue weighted by Gasteiger charge is -2.46. The number of hydrogen-bond acceptors (Lipinski definition) is 3. The summed E-state index contributed by atoms with van der Waals surface area (Å²) in [5, 5.41) is 13.1. The lowest BCUT2D eigenvalue weighted by molar-refractivity contribution is -0.147. The second-order valence-corrected chi connectivity index (χ2v) is 6.60. The van der Waals surface area contributed by atoms with Crippen LogP contribution in [0.5, 0.6) is 0 Å². The van der Waals surface area contributed by atoms with Gasteiger partial charge < -0.3 is 15.3 Å². The standard InChI is InChI=1S/C17H20F2N2O3/c1-10-3-4-11(18)13(14(10)19)15(23)21-8-5-12(22)17(9-21)6-2-7-20-16(17)24/h3-4,12,22H,2,5-9H2,1H3,(H,20,24)/t12-,17-/m1/s1. The Hall–Kier alpha value is -2.02. The number of halogens is 2. The Labute approximate surface area is 138 Å². The molecule has 1 aromatic carbocycles. The number of likely N-dealkylation sites (tertiary alicyclic amines) is 1. The Morgan fingerprint density at radius 2 is 2.17 bits per heavy atom. The molecule has 0 radical (unpaired) electrons. The molecule has 0 saturated carbocycles. The van der Waals surface area contributed by atoms with Crippen LogP contribution < -0.4 is 5.32 Å². The molecule has 0 aliphatic carbocycles. The Morgan fingerprint density at radius 1 is 1.42 bits per heavy atom. The smallest absolute Gasteiger partial charge is 0.259 e. The number of amides is 2. The fraction of sp³-hybridized carbons (Fsp3) is 0.529. The number of rotatable bonds is 1. The molecule has 2 amide bonds. The maximum absolute atomic E-state index is 14.2. The Balaban J connectivity index is 1.92. The molecule has 2 heterocycles. The molecule has 0 unspecified atom stereocenters. The van der Waals surface area contributed by atoms with Gasteiger partial charge in [-0.2, -0.15) is 0 Å². The Bertz CT molecular complexity index is 695. The van der Waals surface area contributed by atoms with Crippen molar-refractivity contribution in [3.63, 3.8) is 0 Å². The fourth-order valence-corrected chi connectivity index (χ4v) is 3.63. The van der Waals surface area contributed by atoms with E-state index in [9.17, 15) is 23.5 Å². The number of piperidine rings is 2. The summed E-state index contributed by atoms with van der Waals surface area (Å²) in [5.74, 6) is -2.88. The summed E-state index contributed by atoms with van der Waals surface area (Å²) in [6.45, 7) is 2.11. The van der Waals surface area contributed by atoms with Crippen LogP contribution in [-0.4, -0.2) is 47.6 Å². The number of benzene rings is 1. The van der Waals surface area contributed by atoms with E-state index < -0.39 is 34.6 Å². The van der Waals surface area contributed by atoms with Crippen LogP contribution in [0.3, 0.4) is 0 Å². The first-order valence-corrected chi connectivity index (χ1v) is 8.07. The van der Waals surface area contributed by atoms with Crippen molar-refractivity contribution in [1.82, 2.24) is 10.2 Å². The molecule has 1 spiro atoms. The fourth-order valence-electron chi connectivity index (χ4n) is 3.63. The Kier molecular flexibility index (Phi) is 4.29. The van der Waals surface area contributed by atoms with Crippen LogP contribution in [0.4, 0.5) is 8.78 Å². The highest BCUT2D eigenvalue weighted by atomic mass is 19.1. The average molecular weight is 338 g/mol. The van der Waals surface area contributed by atoms with Crippen LogP contribution in [0, 0.1) is 24.0 Å². The summed E-state index contributed by atoms with van der Waals surface area (Å²) >= 11 is 0. The van der Waals surface area contributed by atoms with E-state index in [2.05, 4.69) is 5.32 Å². The summed E-state index contributed by atoms with van der Waals surface area (Å²) in [4.78, 5) is 26.3. The van der Waals surface area contributed by atoms with Crippen molar-refractivity contribution in [2.75, 3.05) is 19.6 Å². The maximum Gasteiger partial charge on any atom is 0.259 e. The van der Waals surface area contributed by atoms with Crippen molar-refractivity contribution >= 4 is 11.8 Å². The minimum atomic E-state index is -1.09. The molecule has 1 aromatic rings. The third-order valence-electron chi connectivity index (χ3n) is 5.11. The number of nitrogens with one attached hydrogen (secondary N) is 1. The van der Waals surface area contributed by atoms with E-state index in [1.54, 1.807) is 0 Å². The van der Waals surface area contributed by atoms with Gasteiger partial charge in [0.05, 0.1) is 11.5 Å². The first kappa shape index (κ1) is 16.8. The number of hydrogen-bond donors (Lipinski definition) is 2. The van der Waals surface area contributed by atoms with Gasteiger partial charge in [-0.3, -0.25) is 9.59 Å². The summed E-state index contributed by atoms with van der Waals surface area (Å²) in [5.41, 5.74) is -1.51. The summed E-state index contributed by atoms with van der Waals surface area (Å²) in [6.07, 6.45) is 0.475. The molecule has 0 aromatic heterocycles. The van der Waals surface area contributed by atoms with Crippen LogP contribution in [0.15, 0.2) is 12.1 Å².